The molecule has 0 amide bonds. The van der Waals surface area contributed by atoms with Gasteiger partial charge in [-0.25, -0.2) is 0 Å². The molecule has 0 saturated heterocycles. The molecule has 1 heteroatoms. The summed E-state index contributed by atoms with van der Waals surface area (Å²) >= 11 is 0. The van der Waals surface area contributed by atoms with Crippen LogP contribution in [0.3, 0.4) is 0 Å². The quantitative estimate of drug-likeness (QED) is 0.540. The minimum absolute atomic E-state index is 1.04. The van der Waals surface area contributed by atoms with Gasteiger partial charge in [-0.1, -0.05) is 68.5 Å². The molecule has 3 rings (SSSR count). The molecule has 1 aromatic heterocycles. The molecule has 1 heterocycles. The molecule has 0 spiro atoms. The topological polar surface area (TPSA) is 4.93 Å². The summed E-state index contributed by atoms with van der Waals surface area (Å²) in [5.41, 5.74) is 4.90. The number of fused-ring (bicyclic) bond motifs is 1. The smallest absolute Gasteiger partial charge is 0.0537 e. The Kier molecular flexibility index (Phi) is 3.92. The lowest BCUT2D eigenvalue weighted by Crippen LogP contribution is -1.98. The fourth-order valence-corrected chi connectivity index (χ4v) is 2.81. The van der Waals surface area contributed by atoms with E-state index < -0.39 is 0 Å². The number of hydrogen-bond donors (Lipinski definition) is 0. The first-order chi connectivity index (χ1) is 10.3. The van der Waals surface area contributed by atoms with Crippen molar-refractivity contribution in [3.8, 4) is 11.3 Å². The molecule has 0 aliphatic rings. The van der Waals surface area contributed by atoms with Gasteiger partial charge < -0.3 is 4.57 Å². The van der Waals surface area contributed by atoms with Gasteiger partial charge >= 0.3 is 0 Å². The van der Waals surface area contributed by atoms with Gasteiger partial charge in [-0.2, -0.15) is 0 Å². The summed E-state index contributed by atoms with van der Waals surface area (Å²) in [5, 5.41) is 1.27. The molecule has 0 saturated carbocycles. The molecule has 0 aliphatic heterocycles. The van der Waals surface area contributed by atoms with Crippen molar-refractivity contribution >= 4 is 16.6 Å². The summed E-state index contributed by atoms with van der Waals surface area (Å²) in [4.78, 5) is 0. The minimum atomic E-state index is 1.04. The number of aromatic nitrogens is 1. The number of unbranched alkanes of at least 4 members (excludes halogenated alkanes) is 1. The Labute approximate surface area is 126 Å². The van der Waals surface area contributed by atoms with Crippen LogP contribution in [0.5, 0.6) is 0 Å². The maximum Gasteiger partial charge on any atom is 0.0537 e. The summed E-state index contributed by atoms with van der Waals surface area (Å²) in [5.74, 6) is 0. The molecule has 0 bridgehead atoms. The molecule has 0 radical (unpaired) electrons. The van der Waals surface area contributed by atoms with Crippen LogP contribution >= 0.6 is 0 Å². The van der Waals surface area contributed by atoms with Crippen LogP contribution in [0.15, 0.2) is 67.2 Å². The van der Waals surface area contributed by atoms with Gasteiger partial charge in [0.1, 0.15) is 0 Å². The summed E-state index contributed by atoms with van der Waals surface area (Å²) in [6.07, 6.45) is 3.41. The number of benzene rings is 2. The van der Waals surface area contributed by atoms with Crippen LogP contribution in [0.25, 0.3) is 27.9 Å². The highest BCUT2D eigenvalue weighted by molar-refractivity contribution is 5.90. The Balaban J connectivity index is 2.17. The highest BCUT2D eigenvalue weighted by atomic mass is 15.0. The lowest BCUT2D eigenvalue weighted by atomic mass is 10.1. The molecular formula is C20H21N. The SMILES string of the molecule is C=C(CCCC)n1c(-c2ccccc2)cc2ccccc21. The first-order valence-electron chi connectivity index (χ1n) is 7.65. The molecule has 0 fully saturated rings. The highest BCUT2D eigenvalue weighted by Gasteiger charge is 2.12. The third-order valence-corrected chi connectivity index (χ3v) is 3.92. The molecule has 106 valence electrons. The van der Waals surface area contributed by atoms with Crippen LogP contribution in [0.4, 0.5) is 0 Å². The molecular weight excluding hydrogens is 254 g/mol. The summed E-state index contributed by atoms with van der Waals surface area (Å²) < 4.78 is 2.32. The zero-order valence-corrected chi connectivity index (χ0v) is 12.5. The predicted molar refractivity (Wildman–Crippen MR) is 92.2 cm³/mol. The fraction of sp³-hybridized carbons (Fsp3) is 0.200. The number of allylic oxidation sites excluding steroid dienone is 1. The molecule has 0 unspecified atom stereocenters. The van der Waals surface area contributed by atoms with Crippen molar-refractivity contribution in [3.05, 3.63) is 67.2 Å². The molecule has 0 N–H and O–H groups in total. The third kappa shape index (κ3) is 2.64. The van der Waals surface area contributed by atoms with Gasteiger partial charge in [-0.3, -0.25) is 0 Å². The van der Waals surface area contributed by atoms with Crippen molar-refractivity contribution in [1.82, 2.24) is 4.57 Å². The van der Waals surface area contributed by atoms with Crippen LogP contribution in [0.1, 0.15) is 26.2 Å². The van der Waals surface area contributed by atoms with E-state index in [-0.39, 0.29) is 0 Å². The first-order valence-corrected chi connectivity index (χ1v) is 7.65. The second kappa shape index (κ2) is 6.01. The number of rotatable bonds is 5. The molecule has 0 atom stereocenters. The maximum absolute atomic E-state index is 4.33. The van der Waals surface area contributed by atoms with Crippen LogP contribution in [0.2, 0.25) is 0 Å². The van der Waals surface area contributed by atoms with Gasteiger partial charge in [0.15, 0.2) is 0 Å². The fourth-order valence-electron chi connectivity index (χ4n) is 2.81. The van der Waals surface area contributed by atoms with Crippen LogP contribution in [0, 0.1) is 0 Å². The first kappa shape index (κ1) is 13.7. The summed E-state index contributed by atoms with van der Waals surface area (Å²) in [7, 11) is 0. The third-order valence-electron chi connectivity index (χ3n) is 3.92. The van der Waals surface area contributed by atoms with E-state index in [1.807, 2.05) is 0 Å². The Bertz CT molecular complexity index is 750. The Morgan fingerprint density at radius 1 is 1.00 bits per heavy atom. The summed E-state index contributed by atoms with van der Waals surface area (Å²) in [6.45, 7) is 6.56. The van der Waals surface area contributed by atoms with Crippen molar-refractivity contribution in [2.45, 2.75) is 26.2 Å². The Morgan fingerprint density at radius 2 is 1.71 bits per heavy atom. The number of hydrogen-bond acceptors (Lipinski definition) is 0. The van der Waals surface area contributed by atoms with Crippen molar-refractivity contribution in [2.24, 2.45) is 0 Å². The zero-order chi connectivity index (χ0) is 14.7. The largest absolute Gasteiger partial charge is 0.314 e. The summed E-state index contributed by atoms with van der Waals surface area (Å²) in [6, 6.07) is 21.4. The molecule has 1 nitrogen and oxygen atoms in total. The second-order valence-electron chi connectivity index (χ2n) is 5.46. The van der Waals surface area contributed by atoms with E-state index in [4.69, 9.17) is 0 Å². The van der Waals surface area contributed by atoms with Crippen LogP contribution in [-0.4, -0.2) is 4.57 Å². The van der Waals surface area contributed by atoms with Crippen molar-refractivity contribution in [3.63, 3.8) is 0 Å². The standard InChI is InChI=1S/C20H21N/c1-3-4-10-16(2)21-19-14-9-8-13-18(19)15-20(21)17-11-6-5-7-12-17/h5-9,11-15H,2-4,10H2,1H3. The minimum Gasteiger partial charge on any atom is -0.314 e. The van der Waals surface area contributed by atoms with E-state index in [9.17, 15) is 0 Å². The Morgan fingerprint density at radius 3 is 2.48 bits per heavy atom. The van der Waals surface area contributed by atoms with E-state index in [1.54, 1.807) is 0 Å². The van der Waals surface area contributed by atoms with Gasteiger partial charge in [-0.05, 0) is 30.5 Å². The van der Waals surface area contributed by atoms with Gasteiger partial charge in [0.2, 0.25) is 0 Å². The lowest BCUT2D eigenvalue weighted by molar-refractivity contribution is 0.804. The van der Waals surface area contributed by atoms with E-state index >= 15 is 0 Å². The van der Waals surface area contributed by atoms with E-state index in [2.05, 4.69) is 78.7 Å². The van der Waals surface area contributed by atoms with Gasteiger partial charge in [0, 0.05) is 11.1 Å². The molecule has 21 heavy (non-hydrogen) atoms. The maximum atomic E-state index is 4.33. The van der Waals surface area contributed by atoms with Crippen molar-refractivity contribution in [2.75, 3.05) is 0 Å². The van der Waals surface area contributed by atoms with E-state index in [0.29, 0.717) is 0 Å². The average Bonchev–Trinajstić information content (AvgIpc) is 2.93. The lowest BCUT2D eigenvalue weighted by Gasteiger charge is -2.13. The molecule has 3 aromatic rings. The average molecular weight is 275 g/mol. The second-order valence-corrected chi connectivity index (χ2v) is 5.46. The van der Waals surface area contributed by atoms with E-state index in [0.717, 1.165) is 6.42 Å². The van der Waals surface area contributed by atoms with Gasteiger partial charge in [0.25, 0.3) is 0 Å². The normalized spacial score (nSPS) is 10.9. The monoisotopic (exact) mass is 275 g/mol. The number of para-hydroxylation sites is 1. The predicted octanol–water partition coefficient (Wildman–Crippen LogP) is 5.97. The van der Waals surface area contributed by atoms with E-state index in [1.165, 1.54) is 40.7 Å². The van der Waals surface area contributed by atoms with Gasteiger partial charge in [-0.15, -0.1) is 0 Å². The molecule has 2 aromatic carbocycles. The van der Waals surface area contributed by atoms with Crippen molar-refractivity contribution in [1.29, 1.82) is 0 Å². The molecule has 0 aliphatic carbocycles. The van der Waals surface area contributed by atoms with Gasteiger partial charge in [0.05, 0.1) is 11.2 Å². The van der Waals surface area contributed by atoms with Crippen LogP contribution < -0.4 is 0 Å². The van der Waals surface area contributed by atoms with Crippen molar-refractivity contribution < 1.29 is 0 Å². The zero-order valence-electron chi connectivity index (χ0n) is 12.5. The number of nitrogens with zero attached hydrogens (tertiary/aromatic N) is 1. The Hall–Kier alpha value is -2.28. The van der Waals surface area contributed by atoms with Crippen LogP contribution in [-0.2, 0) is 0 Å². The highest BCUT2D eigenvalue weighted by Crippen LogP contribution is 2.32.